The topological polar surface area (TPSA) is 24.5 Å². The van der Waals surface area contributed by atoms with E-state index in [1.54, 1.807) is 7.11 Å². The number of hydrogen-bond donors (Lipinski definition) is 1. The molecule has 1 saturated heterocycles. The predicted octanol–water partition coefficient (Wildman–Crippen LogP) is 3.26. The quantitative estimate of drug-likeness (QED) is 0.836. The minimum Gasteiger partial charge on any atom is -0.497 e. The summed E-state index contributed by atoms with van der Waals surface area (Å²) in [5.41, 5.74) is 2.65. The SMILES string of the molecule is COc1ccc2c(c1)NCC1CC3CCCCC3N21. The molecule has 2 fully saturated rings. The van der Waals surface area contributed by atoms with Gasteiger partial charge in [0, 0.05) is 24.7 Å². The van der Waals surface area contributed by atoms with Gasteiger partial charge in [-0.15, -0.1) is 0 Å². The zero-order chi connectivity index (χ0) is 12.8. The summed E-state index contributed by atoms with van der Waals surface area (Å²) in [6, 6.07) is 7.97. The van der Waals surface area contributed by atoms with Crippen molar-refractivity contribution in [3.63, 3.8) is 0 Å². The van der Waals surface area contributed by atoms with Crippen molar-refractivity contribution < 1.29 is 4.74 Å². The maximum Gasteiger partial charge on any atom is 0.121 e. The fourth-order valence-electron chi connectivity index (χ4n) is 4.36. The van der Waals surface area contributed by atoms with Crippen molar-refractivity contribution in [3.05, 3.63) is 18.2 Å². The summed E-state index contributed by atoms with van der Waals surface area (Å²) in [4.78, 5) is 2.72. The van der Waals surface area contributed by atoms with E-state index in [2.05, 4.69) is 28.4 Å². The minimum atomic E-state index is 0.703. The normalized spacial score (nSPS) is 32.1. The molecule has 3 unspecified atom stereocenters. The van der Waals surface area contributed by atoms with Gasteiger partial charge in [-0.2, -0.15) is 0 Å². The highest BCUT2D eigenvalue weighted by molar-refractivity contribution is 5.75. The van der Waals surface area contributed by atoms with Gasteiger partial charge in [-0.1, -0.05) is 12.8 Å². The Morgan fingerprint density at radius 1 is 1.26 bits per heavy atom. The molecule has 0 radical (unpaired) electrons. The summed E-state index contributed by atoms with van der Waals surface area (Å²) in [6.45, 7) is 1.09. The number of rotatable bonds is 1. The molecule has 0 amide bonds. The second-order valence-corrected chi connectivity index (χ2v) is 6.17. The van der Waals surface area contributed by atoms with E-state index in [0.717, 1.165) is 24.3 Å². The third kappa shape index (κ3) is 1.71. The van der Waals surface area contributed by atoms with Gasteiger partial charge in [0.15, 0.2) is 0 Å². The van der Waals surface area contributed by atoms with Crippen LogP contribution in [-0.4, -0.2) is 25.7 Å². The van der Waals surface area contributed by atoms with E-state index in [-0.39, 0.29) is 0 Å². The summed E-state index contributed by atoms with van der Waals surface area (Å²) in [5.74, 6) is 1.87. The van der Waals surface area contributed by atoms with Crippen LogP contribution in [0.25, 0.3) is 0 Å². The molecule has 0 aromatic heterocycles. The van der Waals surface area contributed by atoms with Crippen LogP contribution < -0.4 is 15.0 Å². The summed E-state index contributed by atoms with van der Waals surface area (Å²) < 4.78 is 5.34. The maximum absolute atomic E-state index is 5.34. The van der Waals surface area contributed by atoms with E-state index in [4.69, 9.17) is 4.74 Å². The molecule has 1 aliphatic carbocycles. The molecule has 3 aliphatic rings. The minimum absolute atomic E-state index is 0.703. The first-order valence-corrected chi connectivity index (χ1v) is 7.57. The van der Waals surface area contributed by atoms with Gasteiger partial charge >= 0.3 is 0 Å². The van der Waals surface area contributed by atoms with Gasteiger partial charge in [0.05, 0.1) is 18.5 Å². The Balaban J connectivity index is 1.72. The molecule has 3 nitrogen and oxygen atoms in total. The van der Waals surface area contributed by atoms with Crippen molar-refractivity contribution in [1.29, 1.82) is 0 Å². The number of nitrogens with one attached hydrogen (secondary N) is 1. The molecule has 4 rings (SSSR count). The number of nitrogens with zero attached hydrogens (tertiary/aromatic N) is 1. The monoisotopic (exact) mass is 258 g/mol. The molecule has 3 atom stereocenters. The lowest BCUT2D eigenvalue weighted by atomic mass is 9.85. The lowest BCUT2D eigenvalue weighted by Gasteiger charge is -2.40. The fourth-order valence-corrected chi connectivity index (χ4v) is 4.36. The molecule has 1 aromatic rings. The summed E-state index contributed by atoms with van der Waals surface area (Å²) in [6.07, 6.45) is 7.03. The van der Waals surface area contributed by atoms with E-state index in [1.807, 2.05) is 0 Å². The molecule has 19 heavy (non-hydrogen) atoms. The molecule has 1 aromatic carbocycles. The Hall–Kier alpha value is -1.38. The van der Waals surface area contributed by atoms with Gasteiger partial charge in [-0.3, -0.25) is 0 Å². The van der Waals surface area contributed by atoms with E-state index < -0.39 is 0 Å². The van der Waals surface area contributed by atoms with Gasteiger partial charge < -0.3 is 15.0 Å². The predicted molar refractivity (Wildman–Crippen MR) is 78.1 cm³/mol. The van der Waals surface area contributed by atoms with E-state index in [0.29, 0.717) is 6.04 Å². The fraction of sp³-hybridized carbons (Fsp3) is 0.625. The number of methoxy groups -OCH3 is 1. The van der Waals surface area contributed by atoms with Crippen LogP contribution >= 0.6 is 0 Å². The molecule has 2 aliphatic heterocycles. The van der Waals surface area contributed by atoms with Crippen LogP contribution in [0.3, 0.4) is 0 Å². The number of benzene rings is 1. The van der Waals surface area contributed by atoms with Gasteiger partial charge in [-0.25, -0.2) is 0 Å². The second kappa shape index (κ2) is 4.32. The smallest absolute Gasteiger partial charge is 0.121 e. The molecular weight excluding hydrogens is 236 g/mol. The molecule has 1 saturated carbocycles. The highest BCUT2D eigenvalue weighted by atomic mass is 16.5. The molecular formula is C16H22N2O. The van der Waals surface area contributed by atoms with Crippen LogP contribution in [0.4, 0.5) is 11.4 Å². The van der Waals surface area contributed by atoms with Crippen LogP contribution in [0.15, 0.2) is 18.2 Å². The lowest BCUT2D eigenvalue weighted by molar-refractivity contribution is 0.342. The Labute approximate surface area is 114 Å². The average Bonchev–Trinajstić information content (AvgIpc) is 2.85. The van der Waals surface area contributed by atoms with Crippen molar-refractivity contribution in [3.8, 4) is 5.75 Å². The van der Waals surface area contributed by atoms with Crippen LogP contribution in [0, 0.1) is 5.92 Å². The third-order valence-corrected chi connectivity index (χ3v) is 5.20. The average molecular weight is 258 g/mol. The third-order valence-electron chi connectivity index (χ3n) is 5.20. The Morgan fingerprint density at radius 3 is 3.05 bits per heavy atom. The van der Waals surface area contributed by atoms with E-state index >= 15 is 0 Å². The van der Waals surface area contributed by atoms with Crippen molar-refractivity contribution in [2.24, 2.45) is 5.92 Å². The Bertz CT molecular complexity index is 488. The summed E-state index contributed by atoms with van der Waals surface area (Å²) in [5, 5.41) is 3.60. The second-order valence-electron chi connectivity index (χ2n) is 6.17. The number of fused-ring (bicyclic) bond motifs is 5. The first-order valence-electron chi connectivity index (χ1n) is 7.57. The molecule has 3 heteroatoms. The van der Waals surface area contributed by atoms with Gasteiger partial charge in [0.1, 0.15) is 5.75 Å². The lowest BCUT2D eigenvalue weighted by Crippen LogP contribution is -2.44. The summed E-state index contributed by atoms with van der Waals surface area (Å²) in [7, 11) is 1.74. The van der Waals surface area contributed by atoms with Gasteiger partial charge in [0.25, 0.3) is 0 Å². The number of ether oxygens (including phenoxy) is 1. The number of anilines is 2. The highest BCUT2D eigenvalue weighted by Crippen LogP contribution is 2.47. The van der Waals surface area contributed by atoms with Crippen molar-refractivity contribution >= 4 is 11.4 Å². The van der Waals surface area contributed by atoms with Crippen molar-refractivity contribution in [1.82, 2.24) is 0 Å². The first-order chi connectivity index (χ1) is 9.36. The van der Waals surface area contributed by atoms with E-state index in [1.165, 1.54) is 43.5 Å². The zero-order valence-corrected chi connectivity index (χ0v) is 11.6. The van der Waals surface area contributed by atoms with Crippen LogP contribution in [0.2, 0.25) is 0 Å². The van der Waals surface area contributed by atoms with Crippen LogP contribution in [-0.2, 0) is 0 Å². The van der Waals surface area contributed by atoms with Crippen LogP contribution in [0.1, 0.15) is 32.1 Å². The molecule has 102 valence electrons. The largest absolute Gasteiger partial charge is 0.497 e. The van der Waals surface area contributed by atoms with Gasteiger partial charge in [0.2, 0.25) is 0 Å². The van der Waals surface area contributed by atoms with Crippen LogP contribution in [0.5, 0.6) is 5.75 Å². The molecule has 2 heterocycles. The molecule has 0 bridgehead atoms. The zero-order valence-electron chi connectivity index (χ0n) is 11.6. The van der Waals surface area contributed by atoms with Crippen molar-refractivity contribution in [2.75, 3.05) is 23.9 Å². The highest BCUT2D eigenvalue weighted by Gasteiger charge is 2.44. The van der Waals surface area contributed by atoms with E-state index in [9.17, 15) is 0 Å². The summed E-state index contributed by atoms with van der Waals surface area (Å²) >= 11 is 0. The molecule has 0 spiro atoms. The standard InChI is InChI=1S/C16H22N2O/c1-19-13-6-7-16-14(9-13)17-10-12-8-11-4-2-3-5-15(11)18(12)16/h6-7,9,11-12,15,17H,2-5,8,10H2,1H3. The maximum atomic E-state index is 5.34. The van der Waals surface area contributed by atoms with Crippen molar-refractivity contribution in [2.45, 2.75) is 44.2 Å². The number of hydrogen-bond acceptors (Lipinski definition) is 3. The van der Waals surface area contributed by atoms with Gasteiger partial charge in [-0.05, 0) is 37.3 Å². The molecule has 1 N–H and O–H groups in total. The first kappa shape index (κ1) is 11.4. The Kier molecular flexibility index (Phi) is 2.61. The Morgan fingerprint density at radius 2 is 2.16 bits per heavy atom.